The predicted octanol–water partition coefficient (Wildman–Crippen LogP) is 3.21. The van der Waals surface area contributed by atoms with Crippen molar-refractivity contribution in [3.05, 3.63) is 24.0 Å². The van der Waals surface area contributed by atoms with Crippen molar-refractivity contribution in [2.24, 2.45) is 0 Å². The maximum Gasteiger partial charge on any atom is 0.269 e. The van der Waals surface area contributed by atoms with Crippen LogP contribution in [0.4, 0.5) is 5.69 Å². The lowest BCUT2D eigenvalue weighted by atomic mass is 10.1. The number of rotatable bonds is 9. The Morgan fingerprint density at radius 3 is 2.53 bits per heavy atom. The molecule has 0 bridgehead atoms. The molecule has 1 rings (SSSR count). The van der Waals surface area contributed by atoms with Crippen LogP contribution in [0.5, 0.6) is 0 Å². The van der Waals surface area contributed by atoms with Gasteiger partial charge < -0.3 is 10.6 Å². The molecule has 1 amide bonds. The molecule has 0 atom stereocenters. The summed E-state index contributed by atoms with van der Waals surface area (Å²) in [6.45, 7) is 2.95. The molecule has 4 nitrogen and oxygen atoms in total. The highest BCUT2D eigenvalue weighted by Crippen LogP contribution is 2.06. The van der Waals surface area contributed by atoms with Gasteiger partial charge in [0, 0.05) is 13.6 Å². The molecule has 0 unspecified atom stereocenters. The molecule has 0 saturated carbocycles. The van der Waals surface area contributed by atoms with Crippen LogP contribution < -0.4 is 10.6 Å². The first-order valence-electron chi connectivity index (χ1n) is 7.20. The van der Waals surface area contributed by atoms with E-state index in [0.717, 1.165) is 18.7 Å². The molecule has 1 heterocycles. The molecular formula is C15H25N3O. The Hall–Kier alpha value is -1.58. The summed E-state index contributed by atoms with van der Waals surface area (Å²) in [5.41, 5.74) is 1.39. The van der Waals surface area contributed by atoms with Gasteiger partial charge in [0.2, 0.25) is 0 Å². The first kappa shape index (κ1) is 15.5. The molecule has 1 aromatic heterocycles. The van der Waals surface area contributed by atoms with Crippen molar-refractivity contribution in [2.75, 3.05) is 18.9 Å². The first-order valence-corrected chi connectivity index (χ1v) is 7.20. The van der Waals surface area contributed by atoms with E-state index >= 15 is 0 Å². The Labute approximate surface area is 116 Å². The number of nitrogens with one attached hydrogen (secondary N) is 2. The Bertz CT molecular complexity index is 362. The van der Waals surface area contributed by atoms with Crippen molar-refractivity contribution in [1.29, 1.82) is 0 Å². The summed E-state index contributed by atoms with van der Waals surface area (Å²) in [4.78, 5) is 15.9. The van der Waals surface area contributed by atoms with Gasteiger partial charge in [-0.3, -0.25) is 4.79 Å². The molecule has 2 N–H and O–H groups in total. The molecule has 0 aliphatic carbocycles. The second kappa shape index (κ2) is 9.36. The topological polar surface area (TPSA) is 54.0 Å². The molecule has 0 aliphatic heterocycles. The number of nitrogens with zero attached hydrogens (tertiary/aromatic N) is 1. The van der Waals surface area contributed by atoms with Crippen LogP contribution in [0.1, 0.15) is 55.9 Å². The van der Waals surface area contributed by atoms with E-state index in [2.05, 4.69) is 22.5 Å². The van der Waals surface area contributed by atoms with Crippen molar-refractivity contribution >= 4 is 11.6 Å². The normalized spacial score (nSPS) is 10.2. The van der Waals surface area contributed by atoms with Gasteiger partial charge in [0.15, 0.2) is 0 Å². The van der Waals surface area contributed by atoms with Crippen LogP contribution in [-0.2, 0) is 0 Å². The van der Waals surface area contributed by atoms with Crippen LogP contribution in [-0.4, -0.2) is 24.5 Å². The van der Waals surface area contributed by atoms with Gasteiger partial charge in [-0.05, 0) is 18.6 Å². The number of unbranched alkanes of at least 4 members (excludes halogenated alkanes) is 5. The summed E-state index contributed by atoms with van der Waals surface area (Å²) in [7, 11) is 1.83. The zero-order valence-corrected chi connectivity index (χ0v) is 12.0. The van der Waals surface area contributed by atoms with E-state index in [1.807, 2.05) is 13.1 Å². The minimum atomic E-state index is -0.0868. The molecule has 0 spiro atoms. The van der Waals surface area contributed by atoms with Crippen LogP contribution in [0.25, 0.3) is 0 Å². The number of carbonyl (C=O) groups is 1. The third kappa shape index (κ3) is 6.22. The number of hydrogen-bond acceptors (Lipinski definition) is 3. The van der Waals surface area contributed by atoms with Crippen LogP contribution in [0, 0.1) is 0 Å². The van der Waals surface area contributed by atoms with E-state index in [4.69, 9.17) is 0 Å². The highest BCUT2D eigenvalue weighted by Gasteiger charge is 2.05. The molecule has 0 fully saturated rings. The summed E-state index contributed by atoms with van der Waals surface area (Å²) >= 11 is 0. The fraction of sp³-hybridized carbons (Fsp3) is 0.600. The lowest BCUT2D eigenvalue weighted by Gasteiger charge is -2.05. The third-order valence-electron chi connectivity index (χ3n) is 3.10. The molecule has 0 radical (unpaired) electrons. The highest BCUT2D eigenvalue weighted by atomic mass is 16.1. The summed E-state index contributed by atoms with van der Waals surface area (Å²) in [6, 6.07) is 3.59. The van der Waals surface area contributed by atoms with Gasteiger partial charge >= 0.3 is 0 Å². The molecule has 0 aromatic carbocycles. The largest absolute Gasteiger partial charge is 0.387 e. The lowest BCUT2D eigenvalue weighted by Crippen LogP contribution is -2.25. The van der Waals surface area contributed by atoms with Crippen molar-refractivity contribution in [3.8, 4) is 0 Å². The van der Waals surface area contributed by atoms with Crippen LogP contribution in [0.2, 0.25) is 0 Å². The maximum atomic E-state index is 11.8. The number of amides is 1. The Morgan fingerprint density at radius 1 is 1.16 bits per heavy atom. The number of pyridine rings is 1. The highest BCUT2D eigenvalue weighted by molar-refractivity contribution is 5.92. The molecule has 0 aliphatic rings. The van der Waals surface area contributed by atoms with E-state index < -0.39 is 0 Å². The smallest absolute Gasteiger partial charge is 0.269 e. The quantitative estimate of drug-likeness (QED) is 0.673. The SMILES string of the molecule is CCCCCCCCNC(=O)c1ccc(NC)cn1. The van der Waals surface area contributed by atoms with E-state index in [9.17, 15) is 4.79 Å². The second-order valence-corrected chi connectivity index (χ2v) is 4.71. The third-order valence-corrected chi connectivity index (χ3v) is 3.10. The monoisotopic (exact) mass is 263 g/mol. The maximum absolute atomic E-state index is 11.8. The Kier molecular flexibility index (Phi) is 7.63. The minimum Gasteiger partial charge on any atom is -0.387 e. The van der Waals surface area contributed by atoms with E-state index in [1.165, 1.54) is 32.1 Å². The predicted molar refractivity (Wildman–Crippen MR) is 79.5 cm³/mol. The second-order valence-electron chi connectivity index (χ2n) is 4.71. The van der Waals surface area contributed by atoms with Crippen molar-refractivity contribution in [1.82, 2.24) is 10.3 Å². The summed E-state index contributed by atoms with van der Waals surface area (Å²) < 4.78 is 0. The molecule has 4 heteroatoms. The minimum absolute atomic E-state index is 0.0868. The number of hydrogen-bond donors (Lipinski definition) is 2. The van der Waals surface area contributed by atoms with Gasteiger partial charge in [0.1, 0.15) is 5.69 Å². The molecule has 0 saturated heterocycles. The zero-order chi connectivity index (χ0) is 13.9. The number of anilines is 1. The fourth-order valence-corrected chi connectivity index (χ4v) is 1.87. The Balaban J connectivity index is 2.16. The van der Waals surface area contributed by atoms with E-state index in [0.29, 0.717) is 5.69 Å². The Morgan fingerprint density at radius 2 is 1.89 bits per heavy atom. The van der Waals surface area contributed by atoms with Crippen molar-refractivity contribution < 1.29 is 4.79 Å². The standard InChI is InChI=1S/C15H25N3O/c1-3-4-5-6-7-8-11-17-15(19)14-10-9-13(16-2)12-18-14/h9-10,12,16H,3-8,11H2,1-2H3,(H,17,19). The number of aromatic nitrogens is 1. The van der Waals surface area contributed by atoms with Gasteiger partial charge in [0.05, 0.1) is 11.9 Å². The van der Waals surface area contributed by atoms with Crippen molar-refractivity contribution in [2.45, 2.75) is 45.4 Å². The molecule has 106 valence electrons. The molecule has 1 aromatic rings. The van der Waals surface area contributed by atoms with E-state index in [-0.39, 0.29) is 5.91 Å². The zero-order valence-electron chi connectivity index (χ0n) is 12.0. The van der Waals surface area contributed by atoms with Crippen LogP contribution in [0.15, 0.2) is 18.3 Å². The van der Waals surface area contributed by atoms with Gasteiger partial charge in [-0.15, -0.1) is 0 Å². The van der Waals surface area contributed by atoms with Gasteiger partial charge in [-0.2, -0.15) is 0 Å². The molecule has 19 heavy (non-hydrogen) atoms. The first-order chi connectivity index (χ1) is 9.27. The van der Waals surface area contributed by atoms with Gasteiger partial charge in [-0.25, -0.2) is 4.98 Å². The van der Waals surface area contributed by atoms with Crippen molar-refractivity contribution in [3.63, 3.8) is 0 Å². The number of carbonyl (C=O) groups excluding carboxylic acids is 1. The lowest BCUT2D eigenvalue weighted by molar-refractivity contribution is 0.0948. The van der Waals surface area contributed by atoms with Crippen LogP contribution >= 0.6 is 0 Å². The van der Waals surface area contributed by atoms with Crippen LogP contribution in [0.3, 0.4) is 0 Å². The summed E-state index contributed by atoms with van der Waals surface area (Å²) in [5.74, 6) is -0.0868. The summed E-state index contributed by atoms with van der Waals surface area (Å²) in [5, 5.41) is 5.88. The van der Waals surface area contributed by atoms with Gasteiger partial charge in [0.25, 0.3) is 5.91 Å². The van der Waals surface area contributed by atoms with Gasteiger partial charge in [-0.1, -0.05) is 39.0 Å². The average Bonchev–Trinajstić information content (AvgIpc) is 2.46. The molecular weight excluding hydrogens is 238 g/mol. The van der Waals surface area contributed by atoms with E-state index in [1.54, 1.807) is 12.3 Å². The average molecular weight is 263 g/mol. The fourth-order valence-electron chi connectivity index (χ4n) is 1.87. The summed E-state index contributed by atoms with van der Waals surface area (Å²) in [6.07, 6.45) is 9.05.